The number of ether oxygens (including phenoxy) is 2. The Kier molecular flexibility index (Phi) is 3.64. The molecule has 2 atom stereocenters. The smallest absolute Gasteiger partial charge is 0.230 e. The molecule has 2 saturated carbocycles. The quantitative estimate of drug-likeness (QED) is 0.606. The van der Waals surface area contributed by atoms with Gasteiger partial charge in [-0.15, -0.1) is 0 Å². The molecule has 7 heteroatoms. The van der Waals surface area contributed by atoms with Crippen molar-refractivity contribution in [2.24, 2.45) is 11.8 Å². The Balaban J connectivity index is 1.38. The van der Waals surface area contributed by atoms with Crippen molar-refractivity contribution in [2.75, 3.05) is 19.8 Å². The molecule has 3 rings (SSSR count). The Hall–Kier alpha value is -1.21. The molecule has 1 N–H and O–H groups in total. The van der Waals surface area contributed by atoms with Gasteiger partial charge >= 0.3 is 0 Å². The van der Waals surface area contributed by atoms with Crippen LogP contribution in [0.4, 0.5) is 0 Å². The van der Waals surface area contributed by atoms with E-state index in [0.29, 0.717) is 32.1 Å². The molecular weight excluding hydrogens is 264 g/mol. The van der Waals surface area contributed by atoms with Crippen LogP contribution in [-0.4, -0.2) is 42.4 Å². The average Bonchev–Trinajstić information content (AvgIpc) is 3.14. The van der Waals surface area contributed by atoms with Gasteiger partial charge in [0.05, 0.1) is 13.2 Å². The lowest BCUT2D eigenvalue weighted by molar-refractivity contribution is -0.497. The van der Waals surface area contributed by atoms with Gasteiger partial charge in [-0.1, -0.05) is 0 Å². The van der Waals surface area contributed by atoms with Crippen molar-refractivity contribution in [1.82, 2.24) is 5.32 Å². The van der Waals surface area contributed by atoms with Gasteiger partial charge in [0.1, 0.15) is 5.92 Å². The lowest BCUT2D eigenvalue weighted by Gasteiger charge is -2.35. The molecule has 0 radical (unpaired) electrons. The van der Waals surface area contributed by atoms with Gasteiger partial charge in [0.2, 0.25) is 11.9 Å². The zero-order valence-corrected chi connectivity index (χ0v) is 11.4. The third-order valence-corrected chi connectivity index (χ3v) is 4.61. The van der Waals surface area contributed by atoms with E-state index < -0.39 is 12.0 Å². The molecule has 0 bridgehead atoms. The number of nitro groups is 1. The molecule has 1 saturated heterocycles. The average molecular weight is 284 g/mol. The number of nitrogens with one attached hydrogen (secondary N) is 1. The van der Waals surface area contributed by atoms with Crippen molar-refractivity contribution in [3.05, 3.63) is 10.1 Å². The van der Waals surface area contributed by atoms with Gasteiger partial charge in [-0.25, -0.2) is 0 Å². The summed E-state index contributed by atoms with van der Waals surface area (Å²) in [4.78, 5) is 21.9. The highest BCUT2D eigenvalue weighted by atomic mass is 16.7. The summed E-state index contributed by atoms with van der Waals surface area (Å²) in [7, 11) is 0. The second-order valence-electron chi connectivity index (χ2n) is 5.99. The highest BCUT2D eigenvalue weighted by molar-refractivity contribution is 5.81. The van der Waals surface area contributed by atoms with E-state index in [4.69, 9.17) is 9.47 Å². The molecule has 1 heterocycles. The summed E-state index contributed by atoms with van der Waals surface area (Å²) < 4.78 is 11.3. The van der Waals surface area contributed by atoms with E-state index in [0.717, 1.165) is 25.7 Å². The molecule has 3 fully saturated rings. The van der Waals surface area contributed by atoms with E-state index in [9.17, 15) is 14.9 Å². The summed E-state index contributed by atoms with van der Waals surface area (Å²) in [5.74, 6) is -0.528. The Labute approximate surface area is 117 Å². The first-order chi connectivity index (χ1) is 9.60. The van der Waals surface area contributed by atoms with E-state index in [2.05, 4.69) is 5.32 Å². The molecule has 20 heavy (non-hydrogen) atoms. The van der Waals surface area contributed by atoms with Crippen molar-refractivity contribution in [1.29, 1.82) is 0 Å². The monoisotopic (exact) mass is 284 g/mol. The molecule has 0 unspecified atom stereocenters. The van der Waals surface area contributed by atoms with Crippen LogP contribution in [0.5, 0.6) is 0 Å². The van der Waals surface area contributed by atoms with Crippen LogP contribution < -0.4 is 5.32 Å². The topological polar surface area (TPSA) is 90.7 Å². The third-order valence-electron chi connectivity index (χ3n) is 4.61. The van der Waals surface area contributed by atoms with Gasteiger partial charge < -0.3 is 14.8 Å². The predicted molar refractivity (Wildman–Crippen MR) is 68.5 cm³/mol. The van der Waals surface area contributed by atoms with E-state index in [1.165, 1.54) is 0 Å². The maximum absolute atomic E-state index is 11.7. The molecule has 1 aliphatic heterocycles. The summed E-state index contributed by atoms with van der Waals surface area (Å²) >= 11 is 0. The lowest BCUT2D eigenvalue weighted by Crippen LogP contribution is -2.39. The van der Waals surface area contributed by atoms with E-state index in [1.807, 2.05) is 0 Å². The minimum Gasteiger partial charge on any atom is -0.355 e. The van der Waals surface area contributed by atoms with E-state index in [1.54, 1.807) is 0 Å². The zero-order chi connectivity index (χ0) is 14.2. The van der Waals surface area contributed by atoms with Gasteiger partial charge in [-0.3, -0.25) is 14.9 Å². The summed E-state index contributed by atoms with van der Waals surface area (Å²) in [6.45, 7) is 1.95. The summed E-state index contributed by atoms with van der Waals surface area (Å²) in [6.07, 6.45) is 4.05. The summed E-state index contributed by atoms with van der Waals surface area (Å²) in [6, 6.07) is -0.662. The molecule has 0 aromatic heterocycles. The normalized spacial score (nSPS) is 32.2. The number of rotatable bonds is 4. The fourth-order valence-electron chi connectivity index (χ4n) is 3.18. The molecule has 2 aliphatic carbocycles. The molecule has 7 nitrogen and oxygen atoms in total. The van der Waals surface area contributed by atoms with Gasteiger partial charge in [0.25, 0.3) is 0 Å². The Morgan fingerprint density at radius 2 is 1.95 bits per heavy atom. The van der Waals surface area contributed by atoms with Crippen LogP contribution in [0.15, 0.2) is 0 Å². The number of carbonyl (C=O) groups is 1. The first-order valence-corrected chi connectivity index (χ1v) is 7.29. The van der Waals surface area contributed by atoms with E-state index in [-0.39, 0.29) is 16.6 Å². The maximum atomic E-state index is 11.7. The predicted octanol–water partition coefficient (Wildman–Crippen LogP) is 0.701. The van der Waals surface area contributed by atoms with Crippen LogP contribution in [0.1, 0.15) is 32.1 Å². The SMILES string of the molecule is O=C(NCC1CCC2(CC1)OCCO2)[C@@H]1C[C@H]1[N+](=O)[O-]. The number of carbonyl (C=O) groups excluding carboxylic acids is 1. The lowest BCUT2D eigenvalue weighted by atomic mass is 9.85. The minimum atomic E-state index is -0.662. The first kappa shape index (κ1) is 13.8. The largest absolute Gasteiger partial charge is 0.355 e. The molecule has 1 spiro atoms. The number of nitrogens with zero attached hydrogens (tertiary/aromatic N) is 1. The molecule has 0 aromatic rings. The van der Waals surface area contributed by atoms with Gasteiger partial charge in [-0.2, -0.15) is 0 Å². The molecule has 112 valence electrons. The van der Waals surface area contributed by atoms with Crippen LogP contribution in [-0.2, 0) is 14.3 Å². The molecule has 0 aromatic carbocycles. The van der Waals surface area contributed by atoms with Crippen molar-refractivity contribution in [3.8, 4) is 0 Å². The molecule has 1 amide bonds. The third kappa shape index (κ3) is 2.78. The number of hydrogen-bond acceptors (Lipinski definition) is 5. The second-order valence-corrected chi connectivity index (χ2v) is 5.99. The van der Waals surface area contributed by atoms with Crippen LogP contribution in [0.2, 0.25) is 0 Å². The van der Waals surface area contributed by atoms with Gasteiger partial charge in [0.15, 0.2) is 5.79 Å². The van der Waals surface area contributed by atoms with Crippen LogP contribution >= 0.6 is 0 Å². The van der Waals surface area contributed by atoms with Gasteiger partial charge in [0, 0.05) is 30.7 Å². The van der Waals surface area contributed by atoms with Crippen LogP contribution in [0.3, 0.4) is 0 Å². The molecular formula is C13H20N2O5. The second kappa shape index (κ2) is 5.29. The highest BCUT2D eigenvalue weighted by Crippen LogP contribution is 2.38. The Morgan fingerprint density at radius 1 is 1.30 bits per heavy atom. The van der Waals surface area contributed by atoms with Crippen LogP contribution in [0.25, 0.3) is 0 Å². The van der Waals surface area contributed by atoms with Crippen LogP contribution in [0, 0.1) is 22.0 Å². The van der Waals surface area contributed by atoms with Crippen molar-refractivity contribution >= 4 is 5.91 Å². The fourth-order valence-corrected chi connectivity index (χ4v) is 3.18. The molecule has 3 aliphatic rings. The number of hydrogen-bond donors (Lipinski definition) is 1. The Morgan fingerprint density at radius 3 is 2.50 bits per heavy atom. The summed E-state index contributed by atoms with van der Waals surface area (Å²) in [5.41, 5.74) is 0. The Bertz CT molecular complexity index is 398. The maximum Gasteiger partial charge on any atom is 0.230 e. The minimum absolute atomic E-state index is 0.166. The van der Waals surface area contributed by atoms with E-state index >= 15 is 0 Å². The van der Waals surface area contributed by atoms with Crippen molar-refractivity contribution in [2.45, 2.75) is 43.9 Å². The standard InChI is InChI=1S/C13H20N2O5/c16-12(10-7-11(10)15(17)18)14-8-9-1-3-13(4-2-9)19-5-6-20-13/h9-11H,1-8H2,(H,14,16)/t10-,11-/m1/s1. The highest BCUT2D eigenvalue weighted by Gasteiger charge is 2.53. The summed E-state index contributed by atoms with van der Waals surface area (Å²) in [5, 5.41) is 13.4. The van der Waals surface area contributed by atoms with Crippen molar-refractivity contribution < 1.29 is 19.2 Å². The fraction of sp³-hybridized carbons (Fsp3) is 0.923. The van der Waals surface area contributed by atoms with Crippen molar-refractivity contribution in [3.63, 3.8) is 0 Å². The van der Waals surface area contributed by atoms with Gasteiger partial charge in [-0.05, 0) is 18.8 Å². The first-order valence-electron chi connectivity index (χ1n) is 7.29. The number of amides is 1. The zero-order valence-electron chi connectivity index (χ0n) is 11.4.